The van der Waals surface area contributed by atoms with Crippen molar-refractivity contribution in [2.75, 3.05) is 0 Å². The highest BCUT2D eigenvalue weighted by Gasteiger charge is 2.33. The first-order chi connectivity index (χ1) is 6.45. The standard InChI is InChI=1S/C9H12N4/c1-2-4-7-6(3-1)5-8(7)9-10-12-13-11-9/h1-4,8-13H,5H2. The van der Waals surface area contributed by atoms with Crippen LogP contribution in [0.1, 0.15) is 17.0 Å². The van der Waals surface area contributed by atoms with Crippen molar-refractivity contribution in [2.45, 2.75) is 18.5 Å². The molecule has 68 valence electrons. The molecule has 0 aromatic heterocycles. The van der Waals surface area contributed by atoms with E-state index in [-0.39, 0.29) is 0 Å². The molecule has 1 aromatic carbocycles. The molecule has 1 saturated heterocycles. The van der Waals surface area contributed by atoms with E-state index in [1.807, 2.05) is 0 Å². The van der Waals surface area contributed by atoms with Gasteiger partial charge in [0, 0.05) is 5.92 Å². The van der Waals surface area contributed by atoms with Gasteiger partial charge in [0.2, 0.25) is 0 Å². The minimum Gasteiger partial charge on any atom is -0.224 e. The van der Waals surface area contributed by atoms with Crippen LogP contribution in [0.2, 0.25) is 0 Å². The first-order valence-electron chi connectivity index (χ1n) is 4.54. The maximum atomic E-state index is 3.13. The topological polar surface area (TPSA) is 48.1 Å². The van der Waals surface area contributed by atoms with Gasteiger partial charge in [-0.15, -0.1) is 0 Å². The second kappa shape index (κ2) is 2.78. The van der Waals surface area contributed by atoms with E-state index in [4.69, 9.17) is 0 Å². The van der Waals surface area contributed by atoms with Crippen LogP contribution in [0.5, 0.6) is 0 Å². The number of hydrogen-bond acceptors (Lipinski definition) is 4. The molecule has 4 nitrogen and oxygen atoms in total. The average Bonchev–Trinajstić information content (AvgIpc) is 2.60. The second-order valence-electron chi connectivity index (χ2n) is 3.53. The van der Waals surface area contributed by atoms with E-state index >= 15 is 0 Å². The molecule has 1 atom stereocenters. The van der Waals surface area contributed by atoms with Gasteiger partial charge in [0.1, 0.15) is 0 Å². The van der Waals surface area contributed by atoms with Gasteiger partial charge in [0.05, 0.1) is 6.17 Å². The van der Waals surface area contributed by atoms with Gasteiger partial charge in [-0.3, -0.25) is 0 Å². The number of benzene rings is 1. The second-order valence-corrected chi connectivity index (χ2v) is 3.53. The quantitative estimate of drug-likeness (QED) is 0.477. The lowest BCUT2D eigenvalue weighted by Crippen LogP contribution is -2.44. The summed E-state index contributed by atoms with van der Waals surface area (Å²) in [5.41, 5.74) is 14.9. The number of fused-ring (bicyclic) bond motifs is 1. The molecule has 3 rings (SSSR count). The van der Waals surface area contributed by atoms with Crippen molar-refractivity contribution in [3.05, 3.63) is 35.4 Å². The van der Waals surface area contributed by atoms with E-state index in [1.54, 1.807) is 0 Å². The Bertz CT molecular complexity index is 319. The molecule has 1 aliphatic carbocycles. The molecule has 0 bridgehead atoms. The first kappa shape index (κ1) is 7.46. The predicted octanol–water partition coefficient (Wildman–Crippen LogP) is -0.231. The Labute approximate surface area is 76.6 Å². The van der Waals surface area contributed by atoms with E-state index in [9.17, 15) is 0 Å². The van der Waals surface area contributed by atoms with Gasteiger partial charge in [-0.05, 0) is 17.5 Å². The van der Waals surface area contributed by atoms with Gasteiger partial charge in [-0.25, -0.2) is 10.9 Å². The van der Waals surface area contributed by atoms with Crippen LogP contribution in [0.4, 0.5) is 0 Å². The number of nitrogens with one attached hydrogen (secondary N) is 4. The fraction of sp³-hybridized carbons (Fsp3) is 0.333. The molecule has 2 aliphatic rings. The summed E-state index contributed by atoms with van der Waals surface area (Å²) in [5, 5.41) is 0. The van der Waals surface area contributed by atoms with Crippen LogP contribution in [-0.2, 0) is 6.42 Å². The Kier molecular flexibility index (Phi) is 1.60. The van der Waals surface area contributed by atoms with Crippen molar-refractivity contribution in [3.8, 4) is 0 Å². The summed E-state index contributed by atoms with van der Waals surface area (Å²) < 4.78 is 0. The predicted molar refractivity (Wildman–Crippen MR) is 49.2 cm³/mol. The van der Waals surface area contributed by atoms with Crippen LogP contribution in [0.3, 0.4) is 0 Å². The van der Waals surface area contributed by atoms with Crippen LogP contribution in [0.25, 0.3) is 0 Å². The van der Waals surface area contributed by atoms with Crippen LogP contribution >= 0.6 is 0 Å². The van der Waals surface area contributed by atoms with E-state index in [0.717, 1.165) is 6.42 Å². The molecule has 4 heteroatoms. The van der Waals surface area contributed by atoms with Gasteiger partial charge in [0.25, 0.3) is 0 Å². The van der Waals surface area contributed by atoms with Crippen molar-refractivity contribution in [3.63, 3.8) is 0 Å². The van der Waals surface area contributed by atoms with Crippen LogP contribution < -0.4 is 21.9 Å². The summed E-state index contributed by atoms with van der Waals surface area (Å²) in [7, 11) is 0. The van der Waals surface area contributed by atoms with Crippen molar-refractivity contribution in [1.82, 2.24) is 21.9 Å². The monoisotopic (exact) mass is 176 g/mol. The number of hydrogen-bond donors (Lipinski definition) is 4. The third-order valence-corrected chi connectivity index (χ3v) is 2.81. The molecular formula is C9H12N4. The van der Waals surface area contributed by atoms with Gasteiger partial charge in [0.15, 0.2) is 0 Å². The van der Waals surface area contributed by atoms with Crippen molar-refractivity contribution in [2.24, 2.45) is 0 Å². The van der Waals surface area contributed by atoms with Gasteiger partial charge < -0.3 is 0 Å². The Morgan fingerprint density at radius 2 is 1.85 bits per heavy atom. The summed E-state index contributed by atoms with van der Waals surface area (Å²) in [5.74, 6) is 0.582. The zero-order valence-electron chi connectivity index (χ0n) is 7.17. The summed E-state index contributed by atoms with van der Waals surface area (Å²) >= 11 is 0. The van der Waals surface area contributed by atoms with E-state index in [2.05, 4.69) is 46.2 Å². The van der Waals surface area contributed by atoms with Crippen LogP contribution in [0.15, 0.2) is 24.3 Å². The van der Waals surface area contributed by atoms with Crippen molar-refractivity contribution >= 4 is 0 Å². The van der Waals surface area contributed by atoms with E-state index in [1.165, 1.54) is 11.1 Å². The highest BCUT2D eigenvalue weighted by atomic mass is 15.8. The number of rotatable bonds is 1. The molecular weight excluding hydrogens is 164 g/mol. The summed E-state index contributed by atoms with van der Waals surface area (Å²) in [6.07, 6.45) is 1.46. The third-order valence-electron chi connectivity index (χ3n) is 2.81. The van der Waals surface area contributed by atoms with Gasteiger partial charge >= 0.3 is 0 Å². The SMILES string of the molecule is c1ccc2c(c1)CC2C1NNNN1. The van der Waals surface area contributed by atoms with Gasteiger partial charge in [-0.1, -0.05) is 24.3 Å². The largest absolute Gasteiger partial charge is 0.224 e. The number of hydrazine groups is 3. The molecule has 1 aromatic rings. The zero-order chi connectivity index (χ0) is 8.67. The smallest absolute Gasteiger partial charge is 0.0930 e. The Morgan fingerprint density at radius 3 is 2.62 bits per heavy atom. The summed E-state index contributed by atoms with van der Waals surface area (Å²) in [4.78, 5) is 0. The Hall–Kier alpha value is -0.940. The third kappa shape index (κ3) is 1.08. The fourth-order valence-electron chi connectivity index (χ4n) is 2.06. The Morgan fingerprint density at radius 1 is 1.08 bits per heavy atom. The lowest BCUT2D eigenvalue weighted by Gasteiger charge is -2.33. The van der Waals surface area contributed by atoms with Crippen molar-refractivity contribution in [1.29, 1.82) is 0 Å². The van der Waals surface area contributed by atoms with E-state index < -0.39 is 0 Å². The molecule has 13 heavy (non-hydrogen) atoms. The average molecular weight is 176 g/mol. The molecule has 0 amide bonds. The zero-order valence-corrected chi connectivity index (χ0v) is 7.17. The molecule has 1 aliphatic heterocycles. The maximum Gasteiger partial charge on any atom is 0.0930 e. The lowest BCUT2D eigenvalue weighted by atomic mass is 9.76. The Balaban J connectivity index is 1.84. The highest BCUT2D eigenvalue weighted by molar-refractivity contribution is 5.41. The van der Waals surface area contributed by atoms with E-state index in [0.29, 0.717) is 12.1 Å². The molecule has 1 unspecified atom stereocenters. The first-order valence-corrected chi connectivity index (χ1v) is 4.54. The molecule has 1 fully saturated rings. The molecule has 0 saturated carbocycles. The van der Waals surface area contributed by atoms with Crippen LogP contribution in [-0.4, -0.2) is 6.17 Å². The molecule has 1 heterocycles. The lowest BCUT2D eigenvalue weighted by molar-refractivity contribution is 0.398. The minimum atomic E-state index is 0.301. The van der Waals surface area contributed by atoms with Gasteiger partial charge in [-0.2, -0.15) is 11.1 Å². The molecule has 0 radical (unpaired) electrons. The molecule has 4 N–H and O–H groups in total. The fourth-order valence-corrected chi connectivity index (χ4v) is 2.06. The summed E-state index contributed by atoms with van der Waals surface area (Å²) in [6.45, 7) is 0. The summed E-state index contributed by atoms with van der Waals surface area (Å²) in [6, 6.07) is 8.59. The van der Waals surface area contributed by atoms with Crippen molar-refractivity contribution < 1.29 is 0 Å². The maximum absolute atomic E-state index is 3.13. The minimum absolute atomic E-state index is 0.301. The normalized spacial score (nSPS) is 26.9. The highest BCUT2D eigenvalue weighted by Crippen LogP contribution is 2.36. The molecule has 0 spiro atoms. The van der Waals surface area contributed by atoms with Crippen LogP contribution in [0, 0.1) is 0 Å².